The Morgan fingerprint density at radius 3 is 2.03 bits per heavy atom. The fraction of sp³-hybridized carbons (Fsp3) is 0.280. The zero-order valence-electron chi connectivity index (χ0n) is 19.0. The van der Waals surface area contributed by atoms with Crippen LogP contribution in [-0.4, -0.2) is 29.8 Å². The van der Waals surface area contributed by atoms with Gasteiger partial charge in [-0.05, 0) is 25.0 Å². The Hall–Kier alpha value is -3.78. The SMILES string of the molecule is CC(=O)C(C)n1c(CN(Cc2ccccc2)Cc2ccccc2)nc2c1c(=O)[nH]c(=O)n2C. The van der Waals surface area contributed by atoms with E-state index in [0.717, 1.165) is 11.1 Å². The van der Waals surface area contributed by atoms with Crippen molar-refractivity contribution >= 4 is 16.9 Å². The van der Waals surface area contributed by atoms with Crippen molar-refractivity contribution < 1.29 is 4.79 Å². The quantitative estimate of drug-likeness (QED) is 0.450. The number of nitrogens with one attached hydrogen (secondary N) is 1. The van der Waals surface area contributed by atoms with Crippen molar-refractivity contribution in [1.82, 2.24) is 24.0 Å². The molecule has 2 aromatic carbocycles. The number of imidazole rings is 1. The largest absolute Gasteiger partial charge is 0.329 e. The number of H-pyrrole nitrogens is 1. The highest BCUT2D eigenvalue weighted by Gasteiger charge is 2.24. The average Bonchev–Trinajstić information content (AvgIpc) is 3.18. The van der Waals surface area contributed by atoms with Crippen LogP contribution in [0, 0.1) is 0 Å². The van der Waals surface area contributed by atoms with Crippen LogP contribution in [-0.2, 0) is 31.5 Å². The molecule has 0 aliphatic rings. The zero-order valence-corrected chi connectivity index (χ0v) is 19.0. The van der Waals surface area contributed by atoms with E-state index in [9.17, 15) is 14.4 Å². The molecule has 1 atom stereocenters. The van der Waals surface area contributed by atoms with Crippen LogP contribution < -0.4 is 11.2 Å². The highest BCUT2D eigenvalue weighted by molar-refractivity contribution is 5.82. The summed E-state index contributed by atoms with van der Waals surface area (Å²) in [4.78, 5) is 46.4. The van der Waals surface area contributed by atoms with Crippen molar-refractivity contribution in [3.05, 3.63) is 98.5 Å². The minimum Gasteiger partial charge on any atom is -0.311 e. The van der Waals surface area contributed by atoms with Crippen molar-refractivity contribution in [2.24, 2.45) is 7.05 Å². The number of carbonyl (C=O) groups is 1. The van der Waals surface area contributed by atoms with Gasteiger partial charge in [-0.15, -0.1) is 0 Å². The number of aromatic nitrogens is 4. The second-order valence-corrected chi connectivity index (χ2v) is 8.29. The van der Waals surface area contributed by atoms with Crippen molar-refractivity contribution in [2.45, 2.75) is 39.5 Å². The summed E-state index contributed by atoms with van der Waals surface area (Å²) in [5, 5.41) is 0. The number of carbonyl (C=O) groups excluding carboxylic acids is 1. The van der Waals surface area contributed by atoms with Crippen LogP contribution in [0.25, 0.3) is 11.2 Å². The predicted octanol–water partition coefficient (Wildman–Crippen LogP) is 2.78. The van der Waals surface area contributed by atoms with Crippen LogP contribution in [0.15, 0.2) is 70.3 Å². The molecule has 2 heterocycles. The number of hydrogen-bond donors (Lipinski definition) is 1. The first-order chi connectivity index (χ1) is 15.8. The molecule has 0 fully saturated rings. The zero-order chi connectivity index (χ0) is 23.5. The maximum absolute atomic E-state index is 12.7. The van der Waals surface area contributed by atoms with Crippen LogP contribution in [0.4, 0.5) is 0 Å². The van der Waals surface area contributed by atoms with Crippen LogP contribution >= 0.6 is 0 Å². The number of nitrogens with zero attached hydrogens (tertiary/aromatic N) is 4. The maximum Gasteiger partial charge on any atom is 0.329 e. The fourth-order valence-electron chi connectivity index (χ4n) is 4.01. The van der Waals surface area contributed by atoms with Gasteiger partial charge in [0.1, 0.15) is 5.82 Å². The lowest BCUT2D eigenvalue weighted by molar-refractivity contribution is -0.119. The Morgan fingerprint density at radius 1 is 0.970 bits per heavy atom. The minimum atomic E-state index is -0.598. The fourth-order valence-corrected chi connectivity index (χ4v) is 4.01. The van der Waals surface area contributed by atoms with Gasteiger partial charge in [0, 0.05) is 20.1 Å². The van der Waals surface area contributed by atoms with Crippen molar-refractivity contribution in [2.75, 3.05) is 0 Å². The first kappa shape index (κ1) is 22.4. The topological polar surface area (TPSA) is 93.0 Å². The van der Waals surface area contributed by atoms with E-state index in [2.05, 4.69) is 39.1 Å². The molecule has 4 rings (SSSR count). The molecule has 33 heavy (non-hydrogen) atoms. The molecule has 0 aliphatic carbocycles. The smallest absolute Gasteiger partial charge is 0.311 e. The molecule has 170 valence electrons. The van der Waals surface area contributed by atoms with E-state index in [1.54, 1.807) is 18.5 Å². The third-order valence-corrected chi connectivity index (χ3v) is 5.86. The van der Waals surface area contributed by atoms with E-state index in [1.807, 2.05) is 36.4 Å². The Bertz CT molecular complexity index is 1350. The molecule has 0 saturated carbocycles. The van der Waals surface area contributed by atoms with E-state index >= 15 is 0 Å². The molecule has 1 unspecified atom stereocenters. The van der Waals surface area contributed by atoms with E-state index in [-0.39, 0.29) is 16.9 Å². The number of aromatic amines is 1. The van der Waals surface area contributed by atoms with E-state index in [1.165, 1.54) is 11.5 Å². The summed E-state index contributed by atoms with van der Waals surface area (Å²) in [7, 11) is 1.56. The first-order valence-corrected chi connectivity index (χ1v) is 10.9. The number of rotatable bonds is 8. The molecule has 0 saturated heterocycles. The van der Waals surface area contributed by atoms with E-state index in [0.29, 0.717) is 25.5 Å². The summed E-state index contributed by atoms with van der Waals surface area (Å²) >= 11 is 0. The number of ketones is 1. The molecule has 0 spiro atoms. The lowest BCUT2D eigenvalue weighted by atomic mass is 10.1. The van der Waals surface area contributed by atoms with Gasteiger partial charge in [0.25, 0.3) is 5.56 Å². The van der Waals surface area contributed by atoms with Crippen LogP contribution in [0.1, 0.15) is 36.8 Å². The summed E-state index contributed by atoms with van der Waals surface area (Å²) < 4.78 is 2.97. The lowest BCUT2D eigenvalue weighted by Gasteiger charge is -2.24. The third-order valence-electron chi connectivity index (χ3n) is 5.86. The van der Waals surface area contributed by atoms with Gasteiger partial charge in [0.2, 0.25) is 0 Å². The molecule has 2 aromatic heterocycles. The molecule has 0 amide bonds. The normalized spacial score (nSPS) is 12.4. The Balaban J connectivity index is 1.82. The standard InChI is InChI=1S/C25H27N5O3/c1-17(18(2)31)30-21(26-23-22(30)24(32)27-25(33)28(23)3)16-29(14-19-10-6-4-7-11-19)15-20-12-8-5-9-13-20/h4-13,17H,14-16H2,1-3H3,(H,27,32,33). The molecule has 8 nitrogen and oxygen atoms in total. The molecular formula is C25H27N5O3. The summed E-state index contributed by atoms with van der Waals surface area (Å²) in [6.45, 7) is 4.94. The van der Waals surface area contributed by atoms with Crippen LogP contribution in [0.2, 0.25) is 0 Å². The highest BCUT2D eigenvalue weighted by Crippen LogP contribution is 2.21. The predicted molar refractivity (Wildman–Crippen MR) is 127 cm³/mol. The number of hydrogen-bond acceptors (Lipinski definition) is 5. The van der Waals surface area contributed by atoms with Crippen LogP contribution in [0.5, 0.6) is 0 Å². The van der Waals surface area contributed by atoms with Crippen LogP contribution in [0.3, 0.4) is 0 Å². The second kappa shape index (κ2) is 9.38. The first-order valence-electron chi connectivity index (χ1n) is 10.9. The van der Waals surface area contributed by atoms with Gasteiger partial charge in [0.15, 0.2) is 16.9 Å². The van der Waals surface area contributed by atoms with Gasteiger partial charge >= 0.3 is 5.69 Å². The Labute approximate surface area is 191 Å². The van der Waals surface area contributed by atoms with E-state index < -0.39 is 17.3 Å². The lowest BCUT2D eigenvalue weighted by Crippen LogP contribution is -2.30. The Kier molecular flexibility index (Phi) is 6.37. The molecule has 8 heteroatoms. The average molecular weight is 446 g/mol. The monoisotopic (exact) mass is 445 g/mol. The number of aryl methyl sites for hydroxylation is 1. The van der Waals surface area contributed by atoms with Gasteiger partial charge in [-0.1, -0.05) is 60.7 Å². The van der Waals surface area contributed by atoms with Gasteiger partial charge in [0.05, 0.1) is 12.6 Å². The molecule has 0 aliphatic heterocycles. The summed E-state index contributed by atoms with van der Waals surface area (Å²) in [5.74, 6) is 0.465. The van der Waals surface area contributed by atoms with Gasteiger partial charge < -0.3 is 4.57 Å². The van der Waals surface area contributed by atoms with Gasteiger partial charge in [-0.3, -0.25) is 24.0 Å². The molecule has 0 radical (unpaired) electrons. The minimum absolute atomic E-state index is 0.0959. The highest BCUT2D eigenvalue weighted by atomic mass is 16.2. The van der Waals surface area contributed by atoms with Crippen molar-refractivity contribution in [3.8, 4) is 0 Å². The third kappa shape index (κ3) is 4.70. The molecule has 4 aromatic rings. The summed E-state index contributed by atoms with van der Waals surface area (Å²) in [6.07, 6.45) is 0. The summed E-state index contributed by atoms with van der Waals surface area (Å²) in [5.41, 5.74) is 1.70. The number of benzene rings is 2. The second-order valence-electron chi connectivity index (χ2n) is 8.29. The van der Waals surface area contributed by atoms with E-state index in [4.69, 9.17) is 0 Å². The van der Waals surface area contributed by atoms with Gasteiger partial charge in [-0.2, -0.15) is 0 Å². The number of Topliss-reactive ketones (excluding diaryl/α,β-unsaturated/α-hetero) is 1. The number of fused-ring (bicyclic) bond motifs is 1. The molecule has 0 bridgehead atoms. The van der Waals surface area contributed by atoms with Gasteiger partial charge in [-0.25, -0.2) is 9.78 Å². The Morgan fingerprint density at radius 2 is 1.52 bits per heavy atom. The molecule has 1 N–H and O–H groups in total. The van der Waals surface area contributed by atoms with Crippen molar-refractivity contribution in [1.29, 1.82) is 0 Å². The van der Waals surface area contributed by atoms with Crippen molar-refractivity contribution in [3.63, 3.8) is 0 Å². The molecular weight excluding hydrogens is 418 g/mol. The maximum atomic E-state index is 12.7. The summed E-state index contributed by atoms with van der Waals surface area (Å²) in [6, 6.07) is 19.6.